The first-order valence-corrected chi connectivity index (χ1v) is 8.16. The highest BCUT2D eigenvalue weighted by Gasteiger charge is 2.27. The molecule has 0 saturated heterocycles. The van der Waals surface area contributed by atoms with Gasteiger partial charge in [0.05, 0.1) is 10.9 Å². The zero-order valence-electron chi connectivity index (χ0n) is 12.9. The van der Waals surface area contributed by atoms with Crippen LogP contribution in [-0.4, -0.2) is 15.1 Å². The number of aromatic amines is 2. The number of aromatic hydroxyl groups is 1. The second-order valence-corrected chi connectivity index (χ2v) is 6.53. The van der Waals surface area contributed by atoms with E-state index in [1.54, 1.807) is 0 Å². The maximum Gasteiger partial charge on any atom is 0.197 e. The molecule has 24 heavy (non-hydrogen) atoms. The average Bonchev–Trinajstić information content (AvgIpc) is 3.27. The molecule has 3 N–H and O–H groups in total. The molecule has 3 heteroatoms. The molecule has 6 rings (SSSR count). The highest BCUT2D eigenvalue weighted by molar-refractivity contribution is 6.27. The highest BCUT2D eigenvalue weighted by atomic mass is 16.3. The topological polar surface area (TPSA) is 51.8 Å². The molecule has 0 fully saturated rings. The number of H-pyrrole nitrogens is 2. The van der Waals surface area contributed by atoms with Crippen molar-refractivity contribution in [1.82, 2.24) is 9.97 Å². The lowest BCUT2D eigenvalue weighted by Crippen LogP contribution is -1.84. The summed E-state index contributed by atoms with van der Waals surface area (Å²) in [4.78, 5) is 6.62. The summed E-state index contributed by atoms with van der Waals surface area (Å²) in [5.74, 6) is 0.249. The Morgan fingerprint density at radius 3 is 2.67 bits per heavy atom. The van der Waals surface area contributed by atoms with Crippen LogP contribution in [0.3, 0.4) is 0 Å². The first-order valence-electron chi connectivity index (χ1n) is 8.16. The molecular formula is C21H14N2O. The standard InChI is InChI=1S/C21H14N2O/c24-21-19-15(10-22-21)14-9-11-5-1-2-6-12(11)17(14)20-18(19)13-7-3-4-8-16(13)23-20/h1-8,10,22-24H,9H2. The number of benzene rings is 3. The lowest BCUT2D eigenvalue weighted by atomic mass is 9.96. The SMILES string of the molecule is Oc1[nH]cc2c3c(c4[nH]c5ccccc5c4c12)-c1ccccc1C3. The number of nitrogens with one attached hydrogen (secondary N) is 2. The van der Waals surface area contributed by atoms with Crippen molar-refractivity contribution in [3.63, 3.8) is 0 Å². The third-order valence-corrected chi connectivity index (χ3v) is 5.35. The Bertz CT molecular complexity index is 1290. The summed E-state index contributed by atoms with van der Waals surface area (Å²) in [6.07, 6.45) is 2.85. The van der Waals surface area contributed by atoms with Crippen LogP contribution in [0.25, 0.3) is 43.7 Å². The minimum atomic E-state index is 0.249. The maximum absolute atomic E-state index is 10.5. The normalized spacial score (nSPS) is 13.0. The van der Waals surface area contributed by atoms with Crippen molar-refractivity contribution in [2.75, 3.05) is 0 Å². The third-order valence-electron chi connectivity index (χ3n) is 5.35. The third kappa shape index (κ3) is 1.30. The van der Waals surface area contributed by atoms with Crippen molar-refractivity contribution in [2.45, 2.75) is 6.42 Å². The summed E-state index contributed by atoms with van der Waals surface area (Å²) < 4.78 is 0. The van der Waals surface area contributed by atoms with Gasteiger partial charge in [-0.15, -0.1) is 0 Å². The van der Waals surface area contributed by atoms with Gasteiger partial charge in [-0.2, -0.15) is 0 Å². The predicted molar refractivity (Wildman–Crippen MR) is 97.6 cm³/mol. The Morgan fingerprint density at radius 1 is 0.875 bits per heavy atom. The van der Waals surface area contributed by atoms with E-state index in [0.717, 1.165) is 39.0 Å². The van der Waals surface area contributed by atoms with Crippen molar-refractivity contribution >= 4 is 32.6 Å². The van der Waals surface area contributed by atoms with Crippen molar-refractivity contribution < 1.29 is 5.11 Å². The molecule has 0 saturated carbocycles. The largest absolute Gasteiger partial charge is 0.494 e. The minimum Gasteiger partial charge on any atom is -0.494 e. The zero-order valence-corrected chi connectivity index (χ0v) is 12.9. The van der Waals surface area contributed by atoms with Crippen LogP contribution in [0.4, 0.5) is 0 Å². The number of hydrogen-bond acceptors (Lipinski definition) is 1. The molecule has 3 aromatic carbocycles. The van der Waals surface area contributed by atoms with E-state index in [1.165, 1.54) is 22.3 Å². The van der Waals surface area contributed by atoms with Crippen LogP contribution in [0.2, 0.25) is 0 Å². The van der Waals surface area contributed by atoms with Gasteiger partial charge in [0, 0.05) is 33.4 Å². The molecule has 5 aromatic rings. The molecule has 0 spiro atoms. The number of rotatable bonds is 0. The van der Waals surface area contributed by atoms with E-state index < -0.39 is 0 Å². The molecule has 0 aliphatic heterocycles. The monoisotopic (exact) mass is 310 g/mol. The predicted octanol–water partition coefficient (Wildman–Crippen LogP) is 5.08. The quantitative estimate of drug-likeness (QED) is 0.360. The second-order valence-electron chi connectivity index (χ2n) is 6.53. The summed E-state index contributed by atoms with van der Waals surface area (Å²) in [5, 5.41) is 14.8. The molecule has 0 radical (unpaired) electrons. The Balaban J connectivity index is 1.96. The number of hydrogen-bond donors (Lipinski definition) is 3. The van der Waals surface area contributed by atoms with Crippen molar-refractivity contribution in [1.29, 1.82) is 0 Å². The smallest absolute Gasteiger partial charge is 0.197 e. The highest BCUT2D eigenvalue weighted by Crippen LogP contribution is 2.49. The van der Waals surface area contributed by atoms with Crippen LogP contribution in [0.15, 0.2) is 54.7 Å². The van der Waals surface area contributed by atoms with Crippen LogP contribution in [0.1, 0.15) is 11.1 Å². The summed E-state index contributed by atoms with van der Waals surface area (Å²) in [6, 6.07) is 16.9. The van der Waals surface area contributed by atoms with E-state index >= 15 is 0 Å². The van der Waals surface area contributed by atoms with E-state index in [9.17, 15) is 5.11 Å². The molecule has 3 nitrogen and oxygen atoms in total. The summed E-state index contributed by atoms with van der Waals surface area (Å²) in [6.45, 7) is 0. The van der Waals surface area contributed by atoms with Gasteiger partial charge in [0.1, 0.15) is 0 Å². The fourth-order valence-corrected chi connectivity index (χ4v) is 4.37. The van der Waals surface area contributed by atoms with Gasteiger partial charge >= 0.3 is 0 Å². The Morgan fingerprint density at radius 2 is 1.71 bits per heavy atom. The van der Waals surface area contributed by atoms with E-state index in [2.05, 4.69) is 46.4 Å². The van der Waals surface area contributed by atoms with Crippen molar-refractivity contribution in [3.05, 3.63) is 65.9 Å². The van der Waals surface area contributed by atoms with Gasteiger partial charge in [-0.1, -0.05) is 42.5 Å². The maximum atomic E-state index is 10.5. The van der Waals surface area contributed by atoms with Gasteiger partial charge in [-0.25, -0.2) is 0 Å². The molecule has 114 valence electrons. The van der Waals surface area contributed by atoms with E-state index in [-0.39, 0.29) is 5.88 Å². The van der Waals surface area contributed by atoms with Gasteiger partial charge in [0.25, 0.3) is 0 Å². The Kier molecular flexibility index (Phi) is 2.04. The summed E-state index contributed by atoms with van der Waals surface area (Å²) >= 11 is 0. The Labute approximate surface area is 137 Å². The molecule has 0 amide bonds. The van der Waals surface area contributed by atoms with Crippen LogP contribution in [-0.2, 0) is 6.42 Å². The van der Waals surface area contributed by atoms with E-state index in [4.69, 9.17) is 0 Å². The molecule has 0 unspecified atom stereocenters. The molecule has 2 aromatic heterocycles. The average molecular weight is 310 g/mol. The number of fused-ring (bicyclic) bond motifs is 10. The Hall–Kier alpha value is -3.20. The van der Waals surface area contributed by atoms with Gasteiger partial charge < -0.3 is 15.1 Å². The molecule has 0 atom stereocenters. The van der Waals surface area contributed by atoms with Gasteiger partial charge in [-0.05, 0) is 29.2 Å². The van der Waals surface area contributed by atoms with E-state index in [1.807, 2.05) is 18.3 Å². The van der Waals surface area contributed by atoms with Gasteiger partial charge in [0.15, 0.2) is 5.88 Å². The minimum absolute atomic E-state index is 0.249. The fraction of sp³-hybridized carbons (Fsp3) is 0.0476. The molecule has 2 heterocycles. The zero-order chi connectivity index (χ0) is 15.8. The van der Waals surface area contributed by atoms with Crippen LogP contribution < -0.4 is 0 Å². The molecular weight excluding hydrogens is 296 g/mol. The van der Waals surface area contributed by atoms with Crippen LogP contribution in [0.5, 0.6) is 5.88 Å². The van der Waals surface area contributed by atoms with E-state index in [0.29, 0.717) is 0 Å². The summed E-state index contributed by atoms with van der Waals surface area (Å²) in [7, 11) is 0. The number of para-hydroxylation sites is 1. The fourth-order valence-electron chi connectivity index (χ4n) is 4.37. The molecule has 1 aliphatic rings. The number of aromatic nitrogens is 2. The lowest BCUT2D eigenvalue weighted by Gasteiger charge is -2.06. The van der Waals surface area contributed by atoms with Gasteiger partial charge in [0.2, 0.25) is 0 Å². The van der Waals surface area contributed by atoms with Crippen LogP contribution >= 0.6 is 0 Å². The first-order chi connectivity index (χ1) is 11.8. The lowest BCUT2D eigenvalue weighted by molar-refractivity contribution is 0.463. The van der Waals surface area contributed by atoms with Gasteiger partial charge in [-0.3, -0.25) is 0 Å². The van der Waals surface area contributed by atoms with Crippen LogP contribution in [0, 0.1) is 0 Å². The van der Waals surface area contributed by atoms with Crippen molar-refractivity contribution in [3.8, 4) is 17.0 Å². The summed E-state index contributed by atoms with van der Waals surface area (Å²) in [5.41, 5.74) is 7.45. The molecule has 1 aliphatic carbocycles. The van der Waals surface area contributed by atoms with Crippen molar-refractivity contribution in [2.24, 2.45) is 0 Å². The second kappa shape index (κ2) is 4.01. The first kappa shape index (κ1) is 12.3. The molecule has 0 bridgehead atoms.